The Labute approximate surface area is 119 Å². The van der Waals surface area contributed by atoms with Gasteiger partial charge >= 0.3 is 0 Å². The van der Waals surface area contributed by atoms with E-state index in [9.17, 15) is 4.79 Å². The lowest BCUT2D eigenvalue weighted by Gasteiger charge is -2.12. The first-order valence-electron chi connectivity index (χ1n) is 6.67. The lowest BCUT2D eigenvalue weighted by molar-refractivity contribution is 0.103. The summed E-state index contributed by atoms with van der Waals surface area (Å²) in [5.74, 6) is 0.436. The average Bonchev–Trinajstić information content (AvgIpc) is 2.42. The summed E-state index contributed by atoms with van der Waals surface area (Å²) in [4.78, 5) is 12.7. The molecule has 3 heteroatoms. The van der Waals surface area contributed by atoms with Gasteiger partial charge in [-0.15, -0.1) is 0 Å². The van der Waals surface area contributed by atoms with E-state index in [0.29, 0.717) is 29.2 Å². The van der Waals surface area contributed by atoms with E-state index in [1.165, 1.54) is 0 Å². The van der Waals surface area contributed by atoms with Crippen molar-refractivity contribution in [1.29, 1.82) is 0 Å². The Morgan fingerprint density at radius 3 is 2.55 bits per heavy atom. The van der Waals surface area contributed by atoms with Crippen molar-refractivity contribution in [2.75, 3.05) is 12.3 Å². The molecule has 0 amide bonds. The SMILES string of the molecule is CCOc1cccc(N)c1C(=O)c1ccc(C)c(C)c1. The highest BCUT2D eigenvalue weighted by Gasteiger charge is 2.18. The Morgan fingerprint density at radius 1 is 1.15 bits per heavy atom. The van der Waals surface area contributed by atoms with Crippen LogP contribution >= 0.6 is 0 Å². The number of carbonyl (C=O) groups excluding carboxylic acids is 1. The molecule has 104 valence electrons. The normalized spacial score (nSPS) is 10.3. The number of benzene rings is 2. The molecule has 0 radical (unpaired) electrons. The molecule has 0 aliphatic heterocycles. The Morgan fingerprint density at radius 2 is 1.90 bits per heavy atom. The van der Waals surface area contributed by atoms with E-state index in [-0.39, 0.29) is 5.78 Å². The van der Waals surface area contributed by atoms with Crippen molar-refractivity contribution in [2.45, 2.75) is 20.8 Å². The second-order valence-corrected chi connectivity index (χ2v) is 4.78. The minimum Gasteiger partial charge on any atom is -0.493 e. The highest BCUT2D eigenvalue weighted by molar-refractivity contribution is 6.14. The number of ketones is 1. The zero-order valence-electron chi connectivity index (χ0n) is 12.1. The predicted molar refractivity (Wildman–Crippen MR) is 81.4 cm³/mol. The monoisotopic (exact) mass is 269 g/mol. The predicted octanol–water partition coefficient (Wildman–Crippen LogP) is 3.52. The molecule has 3 nitrogen and oxygen atoms in total. The molecule has 2 rings (SSSR count). The van der Waals surface area contributed by atoms with E-state index in [4.69, 9.17) is 10.5 Å². The summed E-state index contributed by atoms with van der Waals surface area (Å²) in [7, 11) is 0. The number of nitrogen functional groups attached to an aromatic ring is 1. The quantitative estimate of drug-likeness (QED) is 0.682. The second-order valence-electron chi connectivity index (χ2n) is 4.78. The third-order valence-corrected chi connectivity index (χ3v) is 3.35. The van der Waals surface area contributed by atoms with Crippen molar-refractivity contribution in [1.82, 2.24) is 0 Å². The van der Waals surface area contributed by atoms with Crippen LogP contribution in [0.3, 0.4) is 0 Å². The summed E-state index contributed by atoms with van der Waals surface area (Å²) < 4.78 is 5.51. The number of aryl methyl sites for hydroxylation is 2. The molecule has 0 aliphatic rings. The molecular formula is C17H19NO2. The smallest absolute Gasteiger partial charge is 0.198 e. The van der Waals surface area contributed by atoms with E-state index in [1.807, 2.05) is 39.0 Å². The molecular weight excluding hydrogens is 250 g/mol. The Bertz CT molecular complexity index is 647. The van der Waals surface area contributed by atoms with Gasteiger partial charge in [-0.2, -0.15) is 0 Å². The van der Waals surface area contributed by atoms with Gasteiger partial charge in [-0.1, -0.05) is 18.2 Å². The summed E-state index contributed by atoms with van der Waals surface area (Å²) in [5, 5.41) is 0. The van der Waals surface area contributed by atoms with Crippen LogP contribution in [0, 0.1) is 13.8 Å². The molecule has 0 unspecified atom stereocenters. The number of hydrogen-bond donors (Lipinski definition) is 1. The van der Waals surface area contributed by atoms with Crippen molar-refractivity contribution >= 4 is 11.5 Å². The Balaban J connectivity index is 2.50. The molecule has 2 aromatic carbocycles. The van der Waals surface area contributed by atoms with Gasteiger partial charge in [0.05, 0.1) is 12.2 Å². The molecule has 0 aliphatic carbocycles. The largest absolute Gasteiger partial charge is 0.493 e. The summed E-state index contributed by atoms with van der Waals surface area (Å²) in [6.45, 7) is 6.39. The summed E-state index contributed by atoms with van der Waals surface area (Å²) in [6.07, 6.45) is 0. The van der Waals surface area contributed by atoms with Gasteiger partial charge in [0, 0.05) is 11.3 Å². The molecule has 2 N–H and O–H groups in total. The Hall–Kier alpha value is -2.29. The lowest BCUT2D eigenvalue weighted by Crippen LogP contribution is -2.09. The fraction of sp³-hybridized carbons (Fsp3) is 0.235. The topological polar surface area (TPSA) is 52.3 Å². The zero-order valence-corrected chi connectivity index (χ0v) is 12.1. The maximum absolute atomic E-state index is 12.7. The number of hydrogen-bond acceptors (Lipinski definition) is 3. The van der Waals surface area contributed by atoms with Crippen LogP contribution in [0.1, 0.15) is 34.0 Å². The highest BCUT2D eigenvalue weighted by atomic mass is 16.5. The minimum atomic E-state index is -0.102. The van der Waals surface area contributed by atoms with Crippen molar-refractivity contribution < 1.29 is 9.53 Å². The average molecular weight is 269 g/mol. The molecule has 0 spiro atoms. The van der Waals surface area contributed by atoms with Crippen LogP contribution in [0.25, 0.3) is 0 Å². The molecule has 0 atom stereocenters. The van der Waals surface area contributed by atoms with Crippen LogP contribution in [0.15, 0.2) is 36.4 Å². The number of nitrogens with two attached hydrogens (primary N) is 1. The summed E-state index contributed by atoms with van der Waals surface area (Å²) in [5.41, 5.74) is 9.72. The minimum absolute atomic E-state index is 0.102. The van der Waals surface area contributed by atoms with Gasteiger partial charge in [0.1, 0.15) is 5.75 Å². The van der Waals surface area contributed by atoms with Crippen LogP contribution in [0.5, 0.6) is 5.75 Å². The van der Waals surface area contributed by atoms with Crippen LogP contribution < -0.4 is 10.5 Å². The molecule has 20 heavy (non-hydrogen) atoms. The molecule has 0 saturated carbocycles. The molecule has 2 aromatic rings. The zero-order chi connectivity index (χ0) is 14.7. The van der Waals surface area contributed by atoms with Gasteiger partial charge in [0.15, 0.2) is 5.78 Å². The molecule has 0 fully saturated rings. The van der Waals surface area contributed by atoms with Gasteiger partial charge < -0.3 is 10.5 Å². The fourth-order valence-electron chi connectivity index (χ4n) is 2.09. The van der Waals surface area contributed by atoms with E-state index < -0.39 is 0 Å². The van der Waals surface area contributed by atoms with Gasteiger partial charge in [-0.05, 0) is 50.1 Å². The number of carbonyl (C=O) groups is 1. The number of ether oxygens (including phenoxy) is 1. The maximum atomic E-state index is 12.7. The van der Waals surface area contributed by atoms with E-state index in [1.54, 1.807) is 18.2 Å². The Kier molecular flexibility index (Phi) is 4.08. The summed E-state index contributed by atoms with van der Waals surface area (Å²) in [6, 6.07) is 10.9. The van der Waals surface area contributed by atoms with Crippen LogP contribution in [-0.4, -0.2) is 12.4 Å². The maximum Gasteiger partial charge on any atom is 0.198 e. The first-order chi connectivity index (χ1) is 9.54. The van der Waals surface area contributed by atoms with Crippen LogP contribution in [0.4, 0.5) is 5.69 Å². The van der Waals surface area contributed by atoms with E-state index in [0.717, 1.165) is 11.1 Å². The highest BCUT2D eigenvalue weighted by Crippen LogP contribution is 2.27. The second kappa shape index (κ2) is 5.78. The first-order valence-corrected chi connectivity index (χ1v) is 6.67. The molecule has 0 aromatic heterocycles. The van der Waals surface area contributed by atoms with Crippen molar-refractivity contribution in [3.63, 3.8) is 0 Å². The van der Waals surface area contributed by atoms with Gasteiger partial charge in [0.2, 0.25) is 0 Å². The van der Waals surface area contributed by atoms with Gasteiger partial charge in [-0.25, -0.2) is 0 Å². The molecule has 0 saturated heterocycles. The van der Waals surface area contributed by atoms with Crippen molar-refractivity contribution in [3.8, 4) is 5.75 Å². The lowest BCUT2D eigenvalue weighted by atomic mass is 9.97. The third-order valence-electron chi connectivity index (χ3n) is 3.35. The molecule has 0 bridgehead atoms. The van der Waals surface area contributed by atoms with E-state index in [2.05, 4.69) is 0 Å². The first kappa shape index (κ1) is 14.1. The fourth-order valence-corrected chi connectivity index (χ4v) is 2.09. The number of rotatable bonds is 4. The standard InChI is InChI=1S/C17H19NO2/c1-4-20-15-7-5-6-14(18)16(15)17(19)13-9-8-11(2)12(3)10-13/h5-10H,4,18H2,1-3H3. The van der Waals surface area contributed by atoms with Gasteiger partial charge in [0.25, 0.3) is 0 Å². The van der Waals surface area contributed by atoms with Crippen LogP contribution in [-0.2, 0) is 0 Å². The summed E-state index contributed by atoms with van der Waals surface area (Å²) >= 11 is 0. The van der Waals surface area contributed by atoms with Crippen LogP contribution in [0.2, 0.25) is 0 Å². The van der Waals surface area contributed by atoms with Gasteiger partial charge in [-0.3, -0.25) is 4.79 Å². The van der Waals surface area contributed by atoms with E-state index >= 15 is 0 Å². The van der Waals surface area contributed by atoms with Crippen molar-refractivity contribution in [2.24, 2.45) is 0 Å². The van der Waals surface area contributed by atoms with Crippen molar-refractivity contribution in [3.05, 3.63) is 58.7 Å². The number of anilines is 1. The third kappa shape index (κ3) is 2.67. The molecule has 0 heterocycles.